The summed E-state index contributed by atoms with van der Waals surface area (Å²) in [7, 11) is 0. The number of ether oxygens (including phenoxy) is 3. The van der Waals surface area contributed by atoms with Gasteiger partial charge in [0.25, 0.3) is 0 Å². The van der Waals surface area contributed by atoms with Crippen LogP contribution in [0.4, 0.5) is 0 Å². The molecular weight excluding hydrogens is 394 g/mol. The first kappa shape index (κ1) is 24.7. The average Bonchev–Trinajstić information content (AvgIpc) is 2.78. The number of nitrogens with zero attached hydrogens (tertiary/aromatic N) is 1. The smallest absolute Gasteiger partial charge is 0.325 e. The summed E-state index contributed by atoms with van der Waals surface area (Å²) >= 11 is 0. The molecule has 31 heavy (non-hydrogen) atoms. The van der Waals surface area contributed by atoms with Crippen LogP contribution in [0.1, 0.15) is 90.5 Å². The molecule has 0 spiro atoms. The van der Waals surface area contributed by atoms with Gasteiger partial charge in [-0.25, -0.2) is 0 Å². The Balaban J connectivity index is 1.89. The fourth-order valence-corrected chi connectivity index (χ4v) is 3.86. The van der Waals surface area contributed by atoms with Crippen LogP contribution >= 0.6 is 0 Å². The van der Waals surface area contributed by atoms with Crippen LogP contribution in [0.25, 0.3) is 0 Å². The van der Waals surface area contributed by atoms with Crippen LogP contribution in [0.5, 0.6) is 11.5 Å². The number of carbonyl (C=O) groups excluding carboxylic acids is 2. The van der Waals surface area contributed by atoms with Crippen molar-refractivity contribution in [1.82, 2.24) is 0 Å². The Kier molecular flexibility index (Phi) is 9.84. The highest BCUT2D eigenvalue weighted by Crippen LogP contribution is 2.35. The zero-order chi connectivity index (χ0) is 22.7. The standard InChI is InChI=1S/C25H35NO5/c1-4-7-8-9-10-11-16-29-22-13-12-20(17-19(22)18-26)30-23(27)21-14-15-25(5-2,6-3)31-24(21)28/h12-13,17,21H,4-11,14-16H2,1-3H3/t21-/m1/s1. The van der Waals surface area contributed by atoms with Gasteiger partial charge in [-0.1, -0.05) is 52.9 Å². The first-order valence-corrected chi connectivity index (χ1v) is 11.6. The van der Waals surface area contributed by atoms with Crippen molar-refractivity contribution >= 4 is 11.9 Å². The van der Waals surface area contributed by atoms with Crippen molar-refractivity contribution in [3.05, 3.63) is 23.8 Å². The molecule has 0 aromatic heterocycles. The summed E-state index contributed by atoms with van der Waals surface area (Å²) in [5.74, 6) is -1.40. The van der Waals surface area contributed by atoms with Crippen LogP contribution < -0.4 is 9.47 Å². The number of unbranched alkanes of at least 4 members (excludes halogenated alkanes) is 5. The van der Waals surface area contributed by atoms with Gasteiger partial charge in [-0.05, 0) is 44.2 Å². The molecule has 170 valence electrons. The van der Waals surface area contributed by atoms with E-state index in [9.17, 15) is 14.9 Å². The van der Waals surface area contributed by atoms with Gasteiger partial charge in [0.1, 0.15) is 23.2 Å². The predicted octanol–water partition coefficient (Wildman–Crippen LogP) is 5.71. The number of rotatable bonds is 12. The van der Waals surface area contributed by atoms with Gasteiger partial charge in [-0.3, -0.25) is 9.59 Å². The maximum Gasteiger partial charge on any atom is 0.325 e. The van der Waals surface area contributed by atoms with Gasteiger partial charge < -0.3 is 14.2 Å². The minimum Gasteiger partial charge on any atom is -0.492 e. The topological polar surface area (TPSA) is 85.6 Å². The summed E-state index contributed by atoms with van der Waals surface area (Å²) in [4.78, 5) is 24.9. The minimum atomic E-state index is -0.930. The monoisotopic (exact) mass is 429 g/mol. The Morgan fingerprint density at radius 1 is 1.16 bits per heavy atom. The molecule has 0 aliphatic carbocycles. The number of hydrogen-bond donors (Lipinski definition) is 0. The molecule has 0 saturated carbocycles. The first-order valence-electron chi connectivity index (χ1n) is 11.6. The number of cyclic esters (lactones) is 1. The Morgan fingerprint density at radius 2 is 1.87 bits per heavy atom. The molecule has 1 aromatic rings. The predicted molar refractivity (Wildman–Crippen MR) is 118 cm³/mol. The van der Waals surface area contributed by atoms with Gasteiger partial charge in [0.15, 0.2) is 5.92 Å². The lowest BCUT2D eigenvalue weighted by atomic mass is 9.84. The Bertz CT molecular complexity index is 779. The molecular formula is C25H35NO5. The molecule has 1 fully saturated rings. The number of benzene rings is 1. The maximum absolute atomic E-state index is 12.5. The summed E-state index contributed by atoms with van der Waals surface area (Å²) in [5.41, 5.74) is -0.171. The summed E-state index contributed by atoms with van der Waals surface area (Å²) in [6.07, 6.45) is 9.45. The lowest BCUT2D eigenvalue weighted by Crippen LogP contribution is -2.45. The van der Waals surface area contributed by atoms with E-state index in [4.69, 9.17) is 14.2 Å². The molecule has 0 N–H and O–H groups in total. The number of hydrogen-bond acceptors (Lipinski definition) is 6. The minimum absolute atomic E-state index is 0.226. The second kappa shape index (κ2) is 12.3. The molecule has 2 rings (SSSR count). The highest BCUT2D eigenvalue weighted by Gasteiger charge is 2.43. The van der Waals surface area contributed by atoms with Gasteiger partial charge in [0, 0.05) is 6.07 Å². The van der Waals surface area contributed by atoms with E-state index in [0.717, 1.165) is 25.7 Å². The summed E-state index contributed by atoms with van der Waals surface area (Å²) in [6, 6.07) is 6.79. The van der Waals surface area contributed by atoms with Crippen molar-refractivity contribution in [3.8, 4) is 17.6 Å². The fraction of sp³-hybridized carbons (Fsp3) is 0.640. The second-order valence-corrected chi connectivity index (χ2v) is 8.21. The second-order valence-electron chi connectivity index (χ2n) is 8.21. The van der Waals surface area contributed by atoms with Crippen LogP contribution in [0.3, 0.4) is 0 Å². The molecule has 0 bridgehead atoms. The summed E-state index contributed by atoms with van der Waals surface area (Å²) < 4.78 is 16.7. The normalized spacial score (nSPS) is 17.5. The molecule has 6 heteroatoms. The molecule has 0 amide bonds. The summed E-state index contributed by atoms with van der Waals surface area (Å²) in [6.45, 7) is 6.70. The molecule has 6 nitrogen and oxygen atoms in total. The third-order valence-corrected chi connectivity index (χ3v) is 6.11. The molecule has 1 saturated heterocycles. The van der Waals surface area contributed by atoms with E-state index in [1.54, 1.807) is 12.1 Å². The molecule has 1 atom stereocenters. The van der Waals surface area contributed by atoms with Crippen molar-refractivity contribution < 1.29 is 23.8 Å². The summed E-state index contributed by atoms with van der Waals surface area (Å²) in [5, 5.41) is 9.43. The van der Waals surface area contributed by atoms with Gasteiger partial charge in [-0.2, -0.15) is 5.26 Å². The molecule has 1 aliphatic rings. The molecule has 1 heterocycles. The number of nitriles is 1. The fourth-order valence-electron chi connectivity index (χ4n) is 3.86. The zero-order valence-corrected chi connectivity index (χ0v) is 19.1. The van der Waals surface area contributed by atoms with E-state index in [1.165, 1.54) is 31.7 Å². The van der Waals surface area contributed by atoms with E-state index in [0.29, 0.717) is 30.8 Å². The van der Waals surface area contributed by atoms with Crippen LogP contribution in [-0.2, 0) is 14.3 Å². The van der Waals surface area contributed by atoms with Gasteiger partial charge >= 0.3 is 11.9 Å². The van der Waals surface area contributed by atoms with E-state index in [1.807, 2.05) is 13.8 Å². The Hall–Kier alpha value is -2.55. The maximum atomic E-state index is 12.5. The highest BCUT2D eigenvalue weighted by atomic mass is 16.6. The van der Waals surface area contributed by atoms with Crippen molar-refractivity contribution in [1.29, 1.82) is 5.26 Å². The third kappa shape index (κ3) is 6.99. The SMILES string of the molecule is CCCCCCCCOc1ccc(OC(=O)[C@H]2CCC(CC)(CC)OC2=O)cc1C#N. The Morgan fingerprint density at radius 3 is 2.52 bits per heavy atom. The van der Waals surface area contributed by atoms with Crippen LogP contribution in [0, 0.1) is 17.2 Å². The van der Waals surface area contributed by atoms with E-state index in [2.05, 4.69) is 13.0 Å². The lowest BCUT2D eigenvalue weighted by molar-refractivity contribution is -0.180. The van der Waals surface area contributed by atoms with E-state index >= 15 is 0 Å². The van der Waals surface area contributed by atoms with Gasteiger partial charge in [0.05, 0.1) is 12.2 Å². The lowest BCUT2D eigenvalue weighted by Gasteiger charge is -2.37. The number of carbonyl (C=O) groups is 2. The molecule has 0 unspecified atom stereocenters. The van der Waals surface area contributed by atoms with Crippen molar-refractivity contribution in [2.75, 3.05) is 6.61 Å². The van der Waals surface area contributed by atoms with Crippen molar-refractivity contribution in [2.24, 2.45) is 5.92 Å². The number of esters is 2. The highest BCUT2D eigenvalue weighted by molar-refractivity contribution is 5.96. The largest absolute Gasteiger partial charge is 0.492 e. The van der Waals surface area contributed by atoms with Crippen LogP contribution in [0.2, 0.25) is 0 Å². The zero-order valence-electron chi connectivity index (χ0n) is 19.1. The van der Waals surface area contributed by atoms with Crippen molar-refractivity contribution in [2.45, 2.75) is 90.6 Å². The van der Waals surface area contributed by atoms with Gasteiger partial charge in [-0.15, -0.1) is 0 Å². The van der Waals surface area contributed by atoms with Gasteiger partial charge in [0.2, 0.25) is 0 Å². The first-order chi connectivity index (χ1) is 15.0. The molecule has 0 radical (unpaired) electrons. The third-order valence-electron chi connectivity index (χ3n) is 6.11. The molecule has 1 aromatic carbocycles. The van der Waals surface area contributed by atoms with Crippen LogP contribution in [0.15, 0.2) is 18.2 Å². The van der Waals surface area contributed by atoms with Crippen LogP contribution in [-0.4, -0.2) is 24.1 Å². The van der Waals surface area contributed by atoms with Crippen molar-refractivity contribution in [3.63, 3.8) is 0 Å². The van der Waals surface area contributed by atoms with E-state index < -0.39 is 23.5 Å². The molecule has 1 aliphatic heterocycles. The Labute approximate surface area is 185 Å². The quantitative estimate of drug-likeness (QED) is 0.183. The van der Waals surface area contributed by atoms with E-state index in [-0.39, 0.29) is 5.75 Å². The average molecular weight is 430 g/mol.